The summed E-state index contributed by atoms with van der Waals surface area (Å²) in [5, 5.41) is 11.6. The zero-order valence-electron chi connectivity index (χ0n) is 20.5. The van der Waals surface area contributed by atoms with E-state index in [4.69, 9.17) is 9.47 Å². The van der Waals surface area contributed by atoms with Crippen LogP contribution in [0.25, 0.3) is 11.1 Å². The molecule has 1 aliphatic heterocycles. The van der Waals surface area contributed by atoms with Crippen molar-refractivity contribution in [3.63, 3.8) is 0 Å². The Labute approximate surface area is 215 Å². The molecule has 6 heteroatoms. The van der Waals surface area contributed by atoms with Gasteiger partial charge in [0.15, 0.2) is 22.9 Å². The van der Waals surface area contributed by atoms with Crippen molar-refractivity contribution in [3.05, 3.63) is 114 Å². The average Bonchev–Trinajstić information content (AvgIpc) is 3.15. The normalized spacial score (nSPS) is 16.4. The van der Waals surface area contributed by atoms with Gasteiger partial charge < -0.3 is 19.5 Å². The predicted molar refractivity (Wildman–Crippen MR) is 142 cm³/mol. The van der Waals surface area contributed by atoms with E-state index in [1.807, 2.05) is 54.6 Å². The molecule has 37 heavy (non-hydrogen) atoms. The third kappa shape index (κ3) is 4.71. The second-order valence-electron chi connectivity index (χ2n) is 8.88. The number of ketones is 1. The van der Waals surface area contributed by atoms with Crippen LogP contribution in [0.4, 0.5) is 5.69 Å². The molecule has 0 radical (unpaired) electrons. The third-order valence-corrected chi connectivity index (χ3v) is 6.61. The molecule has 0 saturated carbocycles. The fraction of sp³-hybridized carbons (Fsp3) is 0.161. The molecular weight excluding hydrogens is 466 g/mol. The minimum atomic E-state index is -1.95. The Balaban J connectivity index is 1.32. The molecule has 1 N–H and O–H groups in total. The number of nitrogens with zero attached hydrogens (tertiary/aromatic N) is 1. The number of methoxy groups -OCH3 is 1. The Morgan fingerprint density at radius 2 is 1.43 bits per heavy atom. The molecule has 0 saturated heterocycles. The lowest BCUT2D eigenvalue weighted by Gasteiger charge is -2.23. The fourth-order valence-corrected chi connectivity index (χ4v) is 4.70. The first-order chi connectivity index (χ1) is 18.0. The number of aliphatic hydroxyl groups is 1. The van der Waals surface area contributed by atoms with E-state index in [9.17, 15) is 14.7 Å². The molecule has 4 aromatic carbocycles. The summed E-state index contributed by atoms with van der Waals surface area (Å²) in [5.41, 5.74) is 1.52. The number of rotatable bonds is 9. The van der Waals surface area contributed by atoms with Crippen molar-refractivity contribution in [1.29, 1.82) is 0 Å². The van der Waals surface area contributed by atoms with E-state index in [0.29, 0.717) is 28.3 Å². The van der Waals surface area contributed by atoms with Gasteiger partial charge in [-0.1, -0.05) is 84.9 Å². The van der Waals surface area contributed by atoms with E-state index in [0.717, 1.165) is 11.1 Å². The van der Waals surface area contributed by atoms with Crippen molar-refractivity contribution in [2.24, 2.45) is 0 Å². The minimum Gasteiger partial charge on any atom is -0.493 e. The highest BCUT2D eigenvalue weighted by atomic mass is 16.5. The lowest BCUT2D eigenvalue weighted by molar-refractivity contribution is -0.135. The molecule has 0 fully saturated rings. The maximum absolute atomic E-state index is 13.5. The summed E-state index contributed by atoms with van der Waals surface area (Å²) in [7, 11) is 1.56. The van der Waals surface area contributed by atoms with E-state index < -0.39 is 11.5 Å². The maximum Gasteiger partial charge on any atom is 0.264 e. The zero-order chi connectivity index (χ0) is 25.8. The van der Waals surface area contributed by atoms with Gasteiger partial charge in [-0.2, -0.15) is 0 Å². The molecule has 0 aliphatic carbocycles. The number of carbonyl (C=O) groups excluding carboxylic acids is 2. The molecule has 6 nitrogen and oxygen atoms in total. The lowest BCUT2D eigenvalue weighted by Crippen LogP contribution is -2.43. The molecule has 4 aromatic rings. The van der Waals surface area contributed by atoms with Crippen LogP contribution in [0.1, 0.15) is 22.3 Å². The number of Topliss-reactive ketones (excluding diaryl/α,β-unsaturated/α-hetero) is 1. The van der Waals surface area contributed by atoms with Crippen LogP contribution in [-0.2, 0) is 10.4 Å². The van der Waals surface area contributed by atoms with Crippen LogP contribution in [0.5, 0.6) is 11.5 Å². The minimum absolute atomic E-state index is 0.186. The van der Waals surface area contributed by atoms with Gasteiger partial charge in [-0.25, -0.2) is 0 Å². The Morgan fingerprint density at radius 1 is 0.811 bits per heavy atom. The smallest absolute Gasteiger partial charge is 0.264 e. The molecule has 1 unspecified atom stereocenters. The van der Waals surface area contributed by atoms with Crippen LogP contribution >= 0.6 is 0 Å². The number of benzene rings is 4. The Bertz CT molecular complexity index is 1420. The maximum atomic E-state index is 13.5. The monoisotopic (exact) mass is 493 g/mol. The van der Waals surface area contributed by atoms with E-state index in [1.54, 1.807) is 55.6 Å². The summed E-state index contributed by atoms with van der Waals surface area (Å²) in [6.45, 7) is 0.390. The van der Waals surface area contributed by atoms with Crippen molar-refractivity contribution in [1.82, 2.24) is 0 Å². The number of hydrogen-bond donors (Lipinski definition) is 1. The van der Waals surface area contributed by atoms with Gasteiger partial charge in [-0.15, -0.1) is 0 Å². The first-order valence-electron chi connectivity index (χ1n) is 12.1. The molecule has 0 spiro atoms. The van der Waals surface area contributed by atoms with Crippen molar-refractivity contribution in [2.45, 2.75) is 12.0 Å². The summed E-state index contributed by atoms with van der Waals surface area (Å²) in [6.07, 6.45) is -0.350. The lowest BCUT2D eigenvalue weighted by atomic mass is 9.88. The number of anilines is 1. The molecule has 1 aliphatic rings. The number of carbonyl (C=O) groups is 2. The second-order valence-corrected chi connectivity index (χ2v) is 8.88. The van der Waals surface area contributed by atoms with Crippen molar-refractivity contribution < 1.29 is 24.2 Å². The molecule has 0 bridgehead atoms. The zero-order valence-corrected chi connectivity index (χ0v) is 20.5. The topological polar surface area (TPSA) is 76.1 Å². The molecule has 1 heterocycles. The predicted octanol–water partition coefficient (Wildman–Crippen LogP) is 5.25. The Hall–Kier alpha value is -4.42. The van der Waals surface area contributed by atoms with E-state index in [-0.39, 0.29) is 25.4 Å². The largest absolute Gasteiger partial charge is 0.493 e. The van der Waals surface area contributed by atoms with Gasteiger partial charge in [-0.3, -0.25) is 9.59 Å². The van der Waals surface area contributed by atoms with E-state index in [2.05, 4.69) is 0 Å². The highest BCUT2D eigenvalue weighted by molar-refractivity contribution is 6.10. The van der Waals surface area contributed by atoms with Gasteiger partial charge >= 0.3 is 0 Å². The summed E-state index contributed by atoms with van der Waals surface area (Å²) < 4.78 is 11.2. The molecule has 1 atom stereocenters. The van der Waals surface area contributed by atoms with Crippen LogP contribution in [0, 0.1) is 0 Å². The van der Waals surface area contributed by atoms with Gasteiger partial charge in [0.2, 0.25) is 0 Å². The molecule has 0 aromatic heterocycles. The number of hydrogen-bond acceptors (Lipinski definition) is 5. The van der Waals surface area contributed by atoms with Crippen molar-refractivity contribution in [2.75, 3.05) is 25.2 Å². The molecule has 186 valence electrons. The third-order valence-electron chi connectivity index (χ3n) is 6.61. The summed E-state index contributed by atoms with van der Waals surface area (Å²) >= 11 is 0. The van der Waals surface area contributed by atoms with Gasteiger partial charge in [0.1, 0.15) is 6.61 Å². The quantitative estimate of drug-likeness (QED) is 0.323. The molecular formula is C31H27NO5. The molecule has 5 rings (SSSR count). The van der Waals surface area contributed by atoms with Crippen LogP contribution in [-0.4, -0.2) is 37.1 Å². The molecule has 1 amide bonds. The standard InChI is InChI=1S/C31H27NO5/c1-36-28-13-7-8-14-29(28)37-20-19-32-26-12-6-5-11-25(26)31(35,30(32)34)21-27(33)24-17-15-23(16-18-24)22-9-3-2-4-10-22/h2-18,35H,19-21H2,1H3. The number of ether oxygens (including phenoxy) is 2. The van der Waals surface area contributed by atoms with Gasteiger partial charge in [-0.05, 0) is 29.3 Å². The van der Waals surface area contributed by atoms with Crippen LogP contribution in [0.2, 0.25) is 0 Å². The summed E-state index contributed by atoms with van der Waals surface area (Å²) in [4.78, 5) is 28.2. The van der Waals surface area contributed by atoms with Gasteiger partial charge in [0, 0.05) is 11.1 Å². The van der Waals surface area contributed by atoms with Crippen LogP contribution in [0.15, 0.2) is 103 Å². The number of para-hydroxylation sites is 3. The number of amides is 1. The highest BCUT2D eigenvalue weighted by Crippen LogP contribution is 2.43. The Kier molecular flexibility index (Phi) is 6.75. The van der Waals surface area contributed by atoms with E-state index in [1.165, 1.54) is 4.90 Å². The van der Waals surface area contributed by atoms with Crippen molar-refractivity contribution in [3.8, 4) is 22.6 Å². The summed E-state index contributed by atoms with van der Waals surface area (Å²) in [5.74, 6) is 0.314. The first kappa shape index (κ1) is 24.3. The van der Waals surface area contributed by atoms with Crippen LogP contribution in [0.3, 0.4) is 0 Å². The average molecular weight is 494 g/mol. The van der Waals surface area contributed by atoms with Crippen LogP contribution < -0.4 is 14.4 Å². The van der Waals surface area contributed by atoms with Gasteiger partial charge in [0.25, 0.3) is 5.91 Å². The fourth-order valence-electron chi connectivity index (χ4n) is 4.70. The Morgan fingerprint density at radius 3 is 2.16 bits per heavy atom. The first-order valence-corrected chi connectivity index (χ1v) is 12.1. The second kappa shape index (κ2) is 10.3. The summed E-state index contributed by atoms with van der Waals surface area (Å²) in [6, 6.07) is 31.4. The van der Waals surface area contributed by atoms with Gasteiger partial charge in [0.05, 0.1) is 25.8 Å². The van der Waals surface area contributed by atoms with Crippen molar-refractivity contribution >= 4 is 17.4 Å². The highest BCUT2D eigenvalue weighted by Gasteiger charge is 2.50. The van der Waals surface area contributed by atoms with E-state index >= 15 is 0 Å². The number of fused-ring (bicyclic) bond motifs is 1. The SMILES string of the molecule is COc1ccccc1OCCN1C(=O)C(O)(CC(=O)c2ccc(-c3ccccc3)cc2)c2ccccc21.